The Kier molecular flexibility index (Phi) is 5.14. The summed E-state index contributed by atoms with van der Waals surface area (Å²) in [5.41, 5.74) is 5.54. The lowest BCUT2D eigenvalue weighted by Gasteiger charge is -2.10. The van der Waals surface area contributed by atoms with Gasteiger partial charge in [0, 0.05) is 36.3 Å². The molecule has 0 unspecified atom stereocenters. The Hall–Kier alpha value is -1.07. The minimum absolute atomic E-state index is 0.258. The van der Waals surface area contributed by atoms with E-state index in [1.54, 1.807) is 24.2 Å². The molecule has 0 aliphatic rings. The number of anilines is 1. The van der Waals surface area contributed by atoms with Crippen molar-refractivity contribution >= 4 is 17.7 Å². The maximum absolute atomic E-state index is 5.54. The van der Waals surface area contributed by atoms with Crippen molar-refractivity contribution in [3.05, 3.63) is 25.0 Å². The number of thioether (sulfide) groups is 1. The summed E-state index contributed by atoms with van der Waals surface area (Å²) in [6, 6.07) is 0. The molecule has 3 N–H and O–H groups in total. The zero-order chi connectivity index (χ0) is 11.1. The molecule has 0 fully saturated rings. The quantitative estimate of drug-likeness (QED) is 0.564. The molecule has 15 heavy (non-hydrogen) atoms. The maximum Gasteiger partial charge on any atom is 0.222 e. The first-order chi connectivity index (χ1) is 7.30. The minimum atomic E-state index is 0.258. The number of nitrogens with zero attached hydrogens (tertiary/aromatic N) is 2. The summed E-state index contributed by atoms with van der Waals surface area (Å²) in [6.07, 6.45) is 7.42. The molecular weight excluding hydrogens is 208 g/mol. The van der Waals surface area contributed by atoms with Crippen molar-refractivity contribution in [2.24, 2.45) is 11.7 Å². The second kappa shape index (κ2) is 6.42. The molecule has 1 heterocycles. The van der Waals surface area contributed by atoms with Crippen molar-refractivity contribution in [2.75, 3.05) is 24.7 Å². The molecule has 0 aromatic carbocycles. The third kappa shape index (κ3) is 3.89. The summed E-state index contributed by atoms with van der Waals surface area (Å²) < 4.78 is 0. The van der Waals surface area contributed by atoms with Gasteiger partial charge in [0.1, 0.15) is 0 Å². The average Bonchev–Trinajstić information content (AvgIpc) is 2.31. The normalized spacial score (nSPS) is 12.1. The van der Waals surface area contributed by atoms with Gasteiger partial charge in [-0.05, 0) is 6.26 Å². The van der Waals surface area contributed by atoms with Gasteiger partial charge in [0.15, 0.2) is 0 Å². The Labute approximate surface area is 94.4 Å². The van der Waals surface area contributed by atoms with E-state index in [2.05, 4.69) is 21.9 Å². The lowest BCUT2D eigenvalue weighted by Crippen LogP contribution is -2.21. The molecule has 0 radical (unpaired) electrons. The molecular formula is C10H16N4S. The molecule has 0 saturated carbocycles. The predicted octanol–water partition coefficient (Wildman–Crippen LogP) is 1.37. The Balaban J connectivity index is 2.46. The molecule has 0 bridgehead atoms. The predicted molar refractivity (Wildman–Crippen MR) is 65.0 cm³/mol. The monoisotopic (exact) mass is 224 g/mol. The van der Waals surface area contributed by atoms with Gasteiger partial charge >= 0.3 is 0 Å². The number of hydrogen-bond acceptors (Lipinski definition) is 5. The van der Waals surface area contributed by atoms with Crippen molar-refractivity contribution in [3.8, 4) is 0 Å². The first-order valence-corrected chi connectivity index (χ1v) is 5.95. The highest BCUT2D eigenvalue weighted by Crippen LogP contribution is 2.12. The van der Waals surface area contributed by atoms with Gasteiger partial charge in [-0.3, -0.25) is 0 Å². The van der Waals surface area contributed by atoms with E-state index in [4.69, 9.17) is 5.73 Å². The van der Waals surface area contributed by atoms with E-state index in [-0.39, 0.29) is 5.92 Å². The standard InChI is InChI=1S/C10H16N4S/c1-3-8(4-11)5-12-10-13-6-9(15-2)7-14-10/h3,6-8H,1,4-5,11H2,2H3,(H,12,13,14)/t8-/m1/s1. The lowest BCUT2D eigenvalue weighted by atomic mass is 10.1. The number of nitrogens with one attached hydrogen (secondary N) is 1. The summed E-state index contributed by atoms with van der Waals surface area (Å²) in [5.74, 6) is 0.891. The first-order valence-electron chi connectivity index (χ1n) is 4.72. The van der Waals surface area contributed by atoms with Gasteiger partial charge in [-0.2, -0.15) is 0 Å². The van der Waals surface area contributed by atoms with Crippen LogP contribution < -0.4 is 11.1 Å². The third-order valence-electron chi connectivity index (χ3n) is 2.02. The van der Waals surface area contributed by atoms with Gasteiger partial charge in [-0.25, -0.2) is 9.97 Å². The largest absolute Gasteiger partial charge is 0.354 e. The van der Waals surface area contributed by atoms with E-state index in [0.29, 0.717) is 12.5 Å². The van der Waals surface area contributed by atoms with Crippen LogP contribution in [0.15, 0.2) is 29.9 Å². The molecule has 0 spiro atoms. The molecule has 1 rings (SSSR count). The number of nitrogens with two attached hydrogens (primary N) is 1. The fraction of sp³-hybridized carbons (Fsp3) is 0.400. The molecule has 1 aromatic rings. The second-order valence-electron chi connectivity index (χ2n) is 3.06. The van der Waals surface area contributed by atoms with Crippen LogP contribution in [0.2, 0.25) is 0 Å². The molecule has 1 atom stereocenters. The molecule has 4 nitrogen and oxygen atoms in total. The van der Waals surface area contributed by atoms with Gasteiger partial charge in [0.25, 0.3) is 0 Å². The van der Waals surface area contributed by atoms with Crippen molar-refractivity contribution < 1.29 is 0 Å². The van der Waals surface area contributed by atoms with E-state index in [9.17, 15) is 0 Å². The Morgan fingerprint density at radius 1 is 1.60 bits per heavy atom. The smallest absolute Gasteiger partial charge is 0.222 e. The highest BCUT2D eigenvalue weighted by molar-refractivity contribution is 7.98. The van der Waals surface area contributed by atoms with Gasteiger partial charge < -0.3 is 11.1 Å². The van der Waals surface area contributed by atoms with E-state index in [1.165, 1.54) is 0 Å². The zero-order valence-corrected chi connectivity index (χ0v) is 9.63. The molecule has 82 valence electrons. The van der Waals surface area contributed by atoms with Crippen molar-refractivity contribution in [2.45, 2.75) is 4.90 Å². The molecule has 5 heteroatoms. The van der Waals surface area contributed by atoms with E-state index in [1.807, 2.05) is 12.3 Å². The van der Waals surface area contributed by atoms with E-state index < -0.39 is 0 Å². The molecule has 0 amide bonds. The highest BCUT2D eigenvalue weighted by atomic mass is 32.2. The Morgan fingerprint density at radius 2 is 2.27 bits per heavy atom. The molecule has 0 saturated heterocycles. The van der Waals surface area contributed by atoms with Gasteiger partial charge in [-0.1, -0.05) is 6.08 Å². The number of rotatable bonds is 6. The van der Waals surface area contributed by atoms with Crippen LogP contribution in [0, 0.1) is 5.92 Å². The maximum atomic E-state index is 5.54. The van der Waals surface area contributed by atoms with E-state index in [0.717, 1.165) is 11.4 Å². The second-order valence-corrected chi connectivity index (χ2v) is 3.94. The van der Waals surface area contributed by atoms with Gasteiger partial charge in [0.2, 0.25) is 5.95 Å². The zero-order valence-electron chi connectivity index (χ0n) is 8.81. The van der Waals surface area contributed by atoms with Crippen molar-refractivity contribution in [1.82, 2.24) is 9.97 Å². The summed E-state index contributed by atoms with van der Waals surface area (Å²) >= 11 is 1.62. The summed E-state index contributed by atoms with van der Waals surface area (Å²) in [4.78, 5) is 9.40. The van der Waals surface area contributed by atoms with Crippen LogP contribution in [0.3, 0.4) is 0 Å². The summed E-state index contributed by atoms with van der Waals surface area (Å²) in [5, 5.41) is 3.12. The van der Waals surface area contributed by atoms with Crippen LogP contribution in [0.5, 0.6) is 0 Å². The van der Waals surface area contributed by atoms with E-state index >= 15 is 0 Å². The third-order valence-corrected chi connectivity index (χ3v) is 2.70. The summed E-state index contributed by atoms with van der Waals surface area (Å²) in [6.45, 7) is 5.01. The average molecular weight is 224 g/mol. The molecule has 0 aliphatic heterocycles. The van der Waals surface area contributed by atoms with Gasteiger partial charge in [0.05, 0.1) is 0 Å². The Morgan fingerprint density at radius 3 is 2.73 bits per heavy atom. The van der Waals surface area contributed by atoms with Crippen molar-refractivity contribution in [1.29, 1.82) is 0 Å². The fourth-order valence-electron chi connectivity index (χ4n) is 0.998. The van der Waals surface area contributed by atoms with Crippen LogP contribution in [0.1, 0.15) is 0 Å². The van der Waals surface area contributed by atoms with Gasteiger partial charge in [-0.15, -0.1) is 18.3 Å². The lowest BCUT2D eigenvalue weighted by molar-refractivity contribution is 0.695. The first kappa shape index (κ1) is 12.0. The van der Waals surface area contributed by atoms with Crippen LogP contribution in [0.4, 0.5) is 5.95 Å². The topological polar surface area (TPSA) is 63.8 Å². The van der Waals surface area contributed by atoms with Crippen LogP contribution in [0.25, 0.3) is 0 Å². The Bertz CT molecular complexity index is 299. The number of aromatic nitrogens is 2. The fourth-order valence-corrected chi connectivity index (χ4v) is 1.31. The minimum Gasteiger partial charge on any atom is -0.354 e. The van der Waals surface area contributed by atoms with Crippen molar-refractivity contribution in [3.63, 3.8) is 0 Å². The van der Waals surface area contributed by atoms with Crippen LogP contribution >= 0.6 is 11.8 Å². The highest BCUT2D eigenvalue weighted by Gasteiger charge is 2.02. The van der Waals surface area contributed by atoms with Crippen LogP contribution in [-0.2, 0) is 0 Å². The number of hydrogen-bond donors (Lipinski definition) is 2. The molecule has 0 aliphatic carbocycles. The molecule has 1 aromatic heterocycles. The van der Waals surface area contributed by atoms with Crippen LogP contribution in [-0.4, -0.2) is 29.3 Å². The SMILES string of the molecule is C=C[C@H](CN)CNc1ncc(SC)cn1. The summed E-state index contributed by atoms with van der Waals surface area (Å²) in [7, 11) is 0.